The lowest BCUT2D eigenvalue weighted by Crippen LogP contribution is -2.23. The number of hydrogen-bond donors (Lipinski definition) is 0. The largest absolute Gasteiger partial charge is 0.456 e. The predicted octanol–water partition coefficient (Wildman–Crippen LogP) is 6.92. The van der Waals surface area contributed by atoms with Crippen molar-refractivity contribution in [3.05, 3.63) is 93.2 Å². The van der Waals surface area contributed by atoms with Crippen molar-refractivity contribution in [2.45, 2.75) is 49.6 Å². The van der Waals surface area contributed by atoms with Gasteiger partial charge in [0.2, 0.25) is 0 Å². The highest BCUT2D eigenvalue weighted by atomic mass is 32.2. The second-order valence-electron chi connectivity index (χ2n) is 8.69. The van der Waals surface area contributed by atoms with Gasteiger partial charge >= 0.3 is 5.97 Å². The molecule has 0 aliphatic rings. The number of nitriles is 1. The summed E-state index contributed by atoms with van der Waals surface area (Å²) >= 11 is 1.28. The van der Waals surface area contributed by atoms with Crippen LogP contribution in [0.5, 0.6) is 0 Å². The third-order valence-corrected chi connectivity index (χ3v) is 5.89. The Bertz CT molecular complexity index is 1300. The first-order chi connectivity index (χ1) is 16.6. The summed E-state index contributed by atoms with van der Waals surface area (Å²) in [5.41, 5.74) is 3.12. The molecule has 0 aliphatic carbocycles. The molecule has 3 aromatic rings. The minimum Gasteiger partial charge on any atom is -0.456 e. The minimum atomic E-state index is -0.557. The summed E-state index contributed by atoms with van der Waals surface area (Å²) in [6.45, 7) is 7.52. The molecule has 2 aromatic carbocycles. The quantitative estimate of drug-likeness (QED) is 0.202. The Morgan fingerprint density at radius 2 is 1.77 bits per heavy atom. The number of esters is 1. The molecule has 178 valence electrons. The zero-order valence-corrected chi connectivity index (χ0v) is 20.8. The van der Waals surface area contributed by atoms with Gasteiger partial charge in [0.15, 0.2) is 0 Å². The number of nitro groups is 1. The lowest BCUT2D eigenvalue weighted by Gasteiger charge is -2.19. The van der Waals surface area contributed by atoms with E-state index in [1.54, 1.807) is 36.5 Å². The Labute approximate surface area is 208 Å². The number of pyridine rings is 1. The van der Waals surface area contributed by atoms with E-state index in [0.717, 1.165) is 28.0 Å². The Morgan fingerprint density at radius 3 is 2.31 bits per heavy atom. The molecule has 1 aromatic heterocycles. The number of benzene rings is 2. The van der Waals surface area contributed by atoms with Crippen LogP contribution in [0.2, 0.25) is 0 Å². The van der Waals surface area contributed by atoms with Crippen LogP contribution in [-0.4, -0.2) is 21.5 Å². The van der Waals surface area contributed by atoms with Gasteiger partial charge in [-0.15, -0.1) is 0 Å². The molecule has 35 heavy (non-hydrogen) atoms. The van der Waals surface area contributed by atoms with Crippen LogP contribution in [-0.2, 0) is 4.74 Å². The number of nitrogens with zero attached hydrogens (tertiary/aromatic N) is 3. The third kappa shape index (κ3) is 7.01. The highest BCUT2D eigenvalue weighted by Crippen LogP contribution is 2.31. The molecule has 8 heteroatoms. The molecule has 0 amide bonds. The van der Waals surface area contributed by atoms with E-state index in [1.165, 1.54) is 23.9 Å². The van der Waals surface area contributed by atoms with E-state index in [4.69, 9.17) is 4.74 Å². The van der Waals surface area contributed by atoms with E-state index in [-0.39, 0.29) is 11.7 Å². The highest BCUT2D eigenvalue weighted by Gasteiger charge is 2.18. The Kier molecular flexibility index (Phi) is 8.05. The predicted molar refractivity (Wildman–Crippen MR) is 136 cm³/mol. The summed E-state index contributed by atoms with van der Waals surface area (Å²) in [5.74, 6) is -0.366. The Balaban J connectivity index is 1.81. The van der Waals surface area contributed by atoms with Crippen LogP contribution in [0.3, 0.4) is 0 Å². The van der Waals surface area contributed by atoms with Gasteiger partial charge in [-0.25, -0.2) is 9.78 Å². The Morgan fingerprint density at radius 1 is 1.14 bits per heavy atom. The molecular formula is C27H25N3O4S. The van der Waals surface area contributed by atoms with Crippen LogP contribution >= 0.6 is 11.8 Å². The molecule has 0 N–H and O–H groups in total. The second-order valence-corrected chi connectivity index (χ2v) is 9.75. The van der Waals surface area contributed by atoms with Gasteiger partial charge in [0.25, 0.3) is 5.69 Å². The maximum absolute atomic E-state index is 12.3. The van der Waals surface area contributed by atoms with Gasteiger partial charge in [-0.05, 0) is 80.3 Å². The third-order valence-electron chi connectivity index (χ3n) is 4.87. The number of non-ortho nitro benzene ring substituents is 1. The average molecular weight is 488 g/mol. The van der Waals surface area contributed by atoms with E-state index in [1.807, 2.05) is 45.9 Å². The number of nitro benzene ring substituents is 1. The van der Waals surface area contributed by atoms with Crippen molar-refractivity contribution < 1.29 is 14.5 Å². The van der Waals surface area contributed by atoms with Gasteiger partial charge in [0.05, 0.1) is 16.1 Å². The fourth-order valence-corrected chi connectivity index (χ4v) is 4.02. The van der Waals surface area contributed by atoms with E-state index < -0.39 is 10.5 Å². The molecule has 0 saturated heterocycles. The second kappa shape index (κ2) is 11.0. The number of allylic oxidation sites excluding steroid dienone is 1. The molecule has 0 bridgehead atoms. The van der Waals surface area contributed by atoms with Gasteiger partial charge in [-0.1, -0.05) is 30.8 Å². The molecular weight excluding hydrogens is 462 g/mol. The lowest BCUT2D eigenvalue weighted by atomic mass is 9.99. The summed E-state index contributed by atoms with van der Waals surface area (Å²) in [5, 5.41) is 21.0. The van der Waals surface area contributed by atoms with Crippen LogP contribution < -0.4 is 0 Å². The number of aromatic nitrogens is 1. The average Bonchev–Trinajstić information content (AvgIpc) is 2.82. The molecule has 0 aliphatic heterocycles. The molecule has 1 heterocycles. The maximum Gasteiger partial charge on any atom is 0.338 e. The van der Waals surface area contributed by atoms with Crippen molar-refractivity contribution >= 4 is 35.1 Å². The molecule has 0 fully saturated rings. The van der Waals surface area contributed by atoms with Gasteiger partial charge in [0, 0.05) is 23.2 Å². The number of rotatable bonds is 7. The van der Waals surface area contributed by atoms with Gasteiger partial charge in [0.1, 0.15) is 16.7 Å². The summed E-state index contributed by atoms with van der Waals surface area (Å²) in [4.78, 5) is 27.9. The molecule has 0 atom stereocenters. The number of ether oxygens (including phenoxy) is 1. The molecule has 0 unspecified atom stereocenters. The van der Waals surface area contributed by atoms with E-state index in [2.05, 4.69) is 11.1 Å². The van der Waals surface area contributed by atoms with Crippen molar-refractivity contribution in [1.29, 1.82) is 5.26 Å². The van der Waals surface area contributed by atoms with Gasteiger partial charge in [-0.3, -0.25) is 10.1 Å². The zero-order chi connectivity index (χ0) is 25.6. The van der Waals surface area contributed by atoms with Crippen LogP contribution in [0.15, 0.2) is 70.7 Å². The summed E-state index contributed by atoms with van der Waals surface area (Å²) in [6.07, 6.45) is 4.41. The summed E-state index contributed by atoms with van der Waals surface area (Å²) in [6, 6.07) is 17.3. The summed E-state index contributed by atoms with van der Waals surface area (Å²) < 4.78 is 5.42. The topological polar surface area (TPSA) is 106 Å². The zero-order valence-electron chi connectivity index (χ0n) is 19.9. The minimum absolute atomic E-state index is 0.00882. The van der Waals surface area contributed by atoms with E-state index in [9.17, 15) is 20.2 Å². The van der Waals surface area contributed by atoms with Crippen LogP contribution in [0.1, 0.15) is 61.2 Å². The number of hydrogen-bond acceptors (Lipinski definition) is 7. The number of carbonyl (C=O) groups is 1. The smallest absolute Gasteiger partial charge is 0.338 e. The van der Waals surface area contributed by atoms with E-state index >= 15 is 0 Å². The van der Waals surface area contributed by atoms with Gasteiger partial charge in [-0.2, -0.15) is 5.26 Å². The van der Waals surface area contributed by atoms with Crippen LogP contribution in [0.25, 0.3) is 11.6 Å². The Hall–Kier alpha value is -3.96. The van der Waals surface area contributed by atoms with Crippen molar-refractivity contribution in [3.63, 3.8) is 0 Å². The van der Waals surface area contributed by atoms with Crippen molar-refractivity contribution in [2.24, 2.45) is 0 Å². The van der Waals surface area contributed by atoms with E-state index in [0.29, 0.717) is 16.2 Å². The van der Waals surface area contributed by atoms with Crippen molar-refractivity contribution in [1.82, 2.24) is 4.98 Å². The standard InChI is InChI=1S/C27H25N3O4S/c1-5-19(20-6-8-21(9-7-20)26(31)34-27(2,3)4)14-18-15-22(16-28)25(29-17-18)35-24-12-10-23(11-13-24)30(32)33/h6-15,17H,5H2,1-4H3/b19-14+. The fraction of sp³-hybridized carbons (Fsp3) is 0.222. The normalized spacial score (nSPS) is 11.6. The maximum atomic E-state index is 12.3. The monoisotopic (exact) mass is 487 g/mol. The van der Waals surface area contributed by atoms with Crippen LogP contribution in [0.4, 0.5) is 5.69 Å². The first kappa shape index (κ1) is 25.7. The number of carbonyl (C=O) groups excluding carboxylic acids is 1. The van der Waals surface area contributed by atoms with Gasteiger partial charge < -0.3 is 4.74 Å². The van der Waals surface area contributed by atoms with Crippen LogP contribution in [0, 0.1) is 21.4 Å². The van der Waals surface area contributed by atoms with Crippen molar-refractivity contribution in [3.8, 4) is 6.07 Å². The fourth-order valence-electron chi connectivity index (χ4n) is 3.20. The highest BCUT2D eigenvalue weighted by molar-refractivity contribution is 7.99. The molecule has 0 radical (unpaired) electrons. The summed E-state index contributed by atoms with van der Waals surface area (Å²) in [7, 11) is 0. The molecule has 0 spiro atoms. The van der Waals surface area contributed by atoms with Crippen molar-refractivity contribution in [2.75, 3.05) is 0 Å². The SMILES string of the molecule is CC/C(=C\c1cnc(Sc2ccc([N+](=O)[O-])cc2)c(C#N)c1)c1ccc(C(=O)OC(C)(C)C)cc1. The first-order valence-corrected chi connectivity index (χ1v) is 11.8. The molecule has 0 saturated carbocycles. The molecule has 3 rings (SSSR count). The lowest BCUT2D eigenvalue weighted by molar-refractivity contribution is -0.384. The molecule has 7 nitrogen and oxygen atoms in total. The first-order valence-electron chi connectivity index (χ1n) is 11.0.